The zero-order chi connectivity index (χ0) is 26.2. The van der Waals surface area contributed by atoms with Crippen molar-refractivity contribution in [1.82, 2.24) is 4.90 Å². The molecule has 3 rings (SSSR count). The fourth-order valence-electron chi connectivity index (χ4n) is 3.71. The molecule has 2 aromatic rings. The van der Waals surface area contributed by atoms with Crippen molar-refractivity contribution in [2.75, 3.05) is 11.9 Å². The van der Waals surface area contributed by atoms with Gasteiger partial charge >= 0.3 is 5.97 Å². The lowest BCUT2D eigenvalue weighted by Crippen LogP contribution is -2.47. The maximum Gasteiger partial charge on any atom is 0.329 e. The number of nitrogens with one attached hydrogen (secondary N) is 1. The maximum atomic E-state index is 13.2. The summed E-state index contributed by atoms with van der Waals surface area (Å²) in [6.45, 7) is 6.76. The number of esters is 1. The lowest BCUT2D eigenvalue weighted by atomic mass is 10.0. The Balaban J connectivity index is 1.83. The summed E-state index contributed by atoms with van der Waals surface area (Å²) in [7, 11) is 0. The summed E-state index contributed by atoms with van der Waals surface area (Å²) in [5.74, 6) is -3.30. The summed E-state index contributed by atoms with van der Waals surface area (Å²) in [6, 6.07) is 4.11. The van der Waals surface area contributed by atoms with Gasteiger partial charge in [0, 0.05) is 5.69 Å². The van der Waals surface area contributed by atoms with E-state index in [0.29, 0.717) is 5.69 Å². The van der Waals surface area contributed by atoms with E-state index in [4.69, 9.17) is 51.1 Å². The van der Waals surface area contributed by atoms with E-state index in [1.54, 1.807) is 26.0 Å². The van der Waals surface area contributed by atoms with Crippen LogP contribution in [0.3, 0.4) is 0 Å². The number of fused-ring (bicyclic) bond motifs is 1. The molecule has 1 heterocycles. The van der Waals surface area contributed by atoms with E-state index in [-0.39, 0.29) is 43.6 Å². The lowest BCUT2D eigenvalue weighted by Gasteiger charge is -2.26. The molecule has 7 nitrogen and oxygen atoms in total. The van der Waals surface area contributed by atoms with E-state index in [0.717, 1.165) is 16.0 Å². The number of hydrogen-bond donors (Lipinski definition) is 1. The Labute approximate surface area is 222 Å². The van der Waals surface area contributed by atoms with E-state index < -0.39 is 36.3 Å². The van der Waals surface area contributed by atoms with Gasteiger partial charge in [-0.1, -0.05) is 72.4 Å². The quantitative estimate of drug-likeness (QED) is 0.191. The van der Waals surface area contributed by atoms with Gasteiger partial charge in [-0.2, -0.15) is 0 Å². The number of anilines is 1. The number of carbonyl (C=O) groups excluding carboxylic acids is 4. The molecule has 2 aromatic carbocycles. The van der Waals surface area contributed by atoms with Gasteiger partial charge in [0.25, 0.3) is 17.7 Å². The van der Waals surface area contributed by atoms with Crippen LogP contribution in [0, 0.1) is 19.8 Å². The van der Waals surface area contributed by atoms with Gasteiger partial charge in [-0.05, 0) is 43.4 Å². The largest absolute Gasteiger partial charge is 0.454 e. The van der Waals surface area contributed by atoms with Gasteiger partial charge in [0.15, 0.2) is 6.61 Å². The first-order valence-electron chi connectivity index (χ1n) is 10.6. The zero-order valence-corrected chi connectivity index (χ0v) is 22.3. The van der Waals surface area contributed by atoms with E-state index >= 15 is 0 Å². The SMILES string of the molecule is Cc1cccc(NC(=O)COC(=O)[C@H](CC(C)C)N2C(=O)c3c(Cl)c(Cl)c(Cl)c(Cl)c3C2=O)c1C. The second kappa shape index (κ2) is 10.7. The topological polar surface area (TPSA) is 92.8 Å². The molecule has 0 radical (unpaired) electrons. The summed E-state index contributed by atoms with van der Waals surface area (Å²) in [6.07, 6.45) is 0.0829. The van der Waals surface area contributed by atoms with Gasteiger partial charge in [-0.3, -0.25) is 19.3 Å². The molecular formula is C24H22Cl4N2O5. The molecule has 0 saturated carbocycles. The van der Waals surface area contributed by atoms with Crippen LogP contribution in [0.4, 0.5) is 5.69 Å². The number of ether oxygens (including phenoxy) is 1. The van der Waals surface area contributed by atoms with Crippen LogP contribution < -0.4 is 5.32 Å². The van der Waals surface area contributed by atoms with Crippen molar-refractivity contribution in [2.45, 2.75) is 40.2 Å². The lowest BCUT2D eigenvalue weighted by molar-refractivity contribution is -0.151. The normalized spacial score (nSPS) is 13.8. The van der Waals surface area contributed by atoms with Gasteiger partial charge < -0.3 is 10.1 Å². The van der Waals surface area contributed by atoms with Crippen molar-refractivity contribution in [3.8, 4) is 0 Å². The second-order valence-electron chi connectivity index (χ2n) is 8.53. The first kappa shape index (κ1) is 27.3. The molecule has 0 saturated heterocycles. The minimum atomic E-state index is -1.32. The van der Waals surface area contributed by atoms with Crippen LogP contribution in [-0.2, 0) is 14.3 Å². The molecule has 0 spiro atoms. The van der Waals surface area contributed by atoms with Gasteiger partial charge in [-0.25, -0.2) is 4.79 Å². The van der Waals surface area contributed by atoms with Gasteiger partial charge in [0.1, 0.15) is 6.04 Å². The molecule has 0 aliphatic carbocycles. The third-order valence-corrected chi connectivity index (χ3v) is 7.44. The summed E-state index contributed by atoms with van der Waals surface area (Å²) in [4.78, 5) is 52.6. The fourth-order valence-corrected chi connectivity index (χ4v) is 4.72. The van der Waals surface area contributed by atoms with Gasteiger partial charge in [0.05, 0.1) is 31.2 Å². The Hall–Kier alpha value is -2.32. The van der Waals surface area contributed by atoms with Crippen molar-refractivity contribution < 1.29 is 23.9 Å². The molecule has 1 aliphatic heterocycles. The molecule has 3 amide bonds. The third-order valence-electron chi connectivity index (χ3n) is 5.64. The predicted octanol–water partition coefficient (Wildman–Crippen LogP) is 6.11. The van der Waals surface area contributed by atoms with Crippen molar-refractivity contribution >= 4 is 75.8 Å². The first-order valence-corrected chi connectivity index (χ1v) is 12.1. The van der Waals surface area contributed by atoms with Gasteiger partial charge in [-0.15, -0.1) is 0 Å². The number of carbonyl (C=O) groups is 4. The maximum absolute atomic E-state index is 13.2. The molecule has 186 valence electrons. The highest BCUT2D eigenvalue weighted by Crippen LogP contribution is 2.45. The monoisotopic (exact) mass is 558 g/mol. The van der Waals surface area contributed by atoms with Crippen LogP contribution in [0.15, 0.2) is 18.2 Å². The number of halogens is 4. The fraction of sp³-hybridized carbons (Fsp3) is 0.333. The molecule has 0 bridgehead atoms. The van der Waals surface area contributed by atoms with Crippen LogP contribution in [0.2, 0.25) is 20.1 Å². The number of hydrogen-bond acceptors (Lipinski definition) is 5. The van der Waals surface area contributed by atoms with E-state index in [9.17, 15) is 19.2 Å². The van der Waals surface area contributed by atoms with E-state index in [1.807, 2.05) is 19.9 Å². The smallest absolute Gasteiger partial charge is 0.329 e. The minimum Gasteiger partial charge on any atom is -0.454 e. The van der Waals surface area contributed by atoms with Crippen LogP contribution in [-0.4, -0.2) is 41.2 Å². The molecule has 35 heavy (non-hydrogen) atoms. The van der Waals surface area contributed by atoms with Crippen LogP contribution >= 0.6 is 46.4 Å². The molecule has 1 atom stereocenters. The number of aryl methyl sites for hydroxylation is 1. The number of benzene rings is 2. The Morgan fingerprint density at radius 3 is 2.00 bits per heavy atom. The average molecular weight is 560 g/mol. The third kappa shape index (κ3) is 5.28. The summed E-state index contributed by atoms with van der Waals surface area (Å²) in [5, 5.41) is 1.87. The Kier molecular flexibility index (Phi) is 8.37. The number of rotatable bonds is 7. The zero-order valence-electron chi connectivity index (χ0n) is 19.3. The number of nitrogens with zero attached hydrogens (tertiary/aromatic N) is 1. The van der Waals surface area contributed by atoms with Crippen LogP contribution in [0.1, 0.15) is 52.1 Å². The first-order chi connectivity index (χ1) is 16.4. The molecule has 1 N–H and O–H groups in total. The van der Waals surface area contributed by atoms with Crippen LogP contribution in [0.25, 0.3) is 0 Å². The average Bonchev–Trinajstić information content (AvgIpc) is 3.06. The number of amides is 3. The van der Waals surface area contributed by atoms with Crippen molar-refractivity contribution in [1.29, 1.82) is 0 Å². The summed E-state index contributed by atoms with van der Waals surface area (Å²) in [5.41, 5.74) is 1.99. The van der Waals surface area contributed by atoms with Crippen molar-refractivity contribution in [3.05, 3.63) is 60.5 Å². The highest BCUT2D eigenvalue weighted by Gasteiger charge is 2.47. The van der Waals surface area contributed by atoms with Crippen molar-refractivity contribution in [3.63, 3.8) is 0 Å². The summed E-state index contributed by atoms with van der Waals surface area (Å²) >= 11 is 24.5. The van der Waals surface area contributed by atoms with Crippen molar-refractivity contribution in [2.24, 2.45) is 5.92 Å². The molecule has 0 unspecified atom stereocenters. The highest BCUT2D eigenvalue weighted by molar-refractivity contribution is 6.55. The molecule has 0 fully saturated rings. The van der Waals surface area contributed by atoms with E-state index in [2.05, 4.69) is 5.32 Å². The Morgan fingerprint density at radius 2 is 1.49 bits per heavy atom. The standard InChI is InChI=1S/C24H22Cl4N2O5/c1-10(2)8-14(24(34)35-9-15(31)29-13-7-5-6-11(3)12(13)4)30-22(32)16-17(23(30)33)19(26)21(28)20(27)18(16)25/h5-7,10,14H,8-9H2,1-4H3,(H,29,31)/t14-/m0/s1. The molecule has 0 aromatic heterocycles. The molecule has 1 aliphatic rings. The Morgan fingerprint density at radius 1 is 0.943 bits per heavy atom. The summed E-state index contributed by atoms with van der Waals surface area (Å²) < 4.78 is 5.21. The number of imide groups is 1. The highest BCUT2D eigenvalue weighted by atomic mass is 35.5. The minimum absolute atomic E-state index is 0.0829. The molecular weight excluding hydrogens is 538 g/mol. The van der Waals surface area contributed by atoms with E-state index in [1.165, 1.54) is 0 Å². The predicted molar refractivity (Wildman–Crippen MR) is 136 cm³/mol. The Bertz CT molecular complexity index is 1200. The van der Waals surface area contributed by atoms with Crippen LogP contribution in [0.5, 0.6) is 0 Å². The second-order valence-corrected chi connectivity index (χ2v) is 10.0. The molecule has 11 heteroatoms. The van der Waals surface area contributed by atoms with Gasteiger partial charge in [0.2, 0.25) is 0 Å².